The van der Waals surface area contributed by atoms with Gasteiger partial charge in [0.15, 0.2) is 9.84 Å². The minimum absolute atomic E-state index is 0. The number of nitrogens with one attached hydrogen (secondary N) is 2. The molecule has 52 heavy (non-hydrogen) atoms. The number of rotatable bonds is 10. The molecule has 0 aliphatic rings. The molecule has 0 unspecified atom stereocenters. The first-order valence-electron chi connectivity index (χ1n) is 14.2. The molecule has 0 bridgehead atoms. The number of thioether (sulfide) groups is 1. The van der Waals surface area contributed by atoms with Crippen LogP contribution in [0, 0.1) is 0 Å². The Kier molecular flexibility index (Phi) is 14.1. The minimum atomic E-state index is -4.66. The van der Waals surface area contributed by atoms with E-state index in [4.69, 9.17) is 82.3 Å². The Morgan fingerprint density at radius 3 is 1.46 bits per heavy atom. The highest BCUT2D eigenvalue weighted by molar-refractivity contribution is 7.99. The standard InChI is InChI=1S/C14H13Cl2F3N4O2S2.C14H13Cl2F3N4S2.2H2/c1-3-27(24,25)11-9(12(20)26)22-23(13(11)21-2)10-7(15)4-6(5-8(10)16)14(17,18)19;1-3-25-11-9(12(20)24)22-23(13(11)21-2)10-7(15)4-6(5-8(10)16)14(17,18)19;;/h4-5,21H,3H2,1-2H3,(H2,20,26);4-5,21H,3H2,1-2H3,(H2,20,24);2*1H. The third-order valence-electron chi connectivity index (χ3n) is 6.72. The zero-order valence-electron chi connectivity index (χ0n) is 26.9. The molecule has 0 saturated carbocycles. The molecule has 4 aromatic rings. The van der Waals surface area contributed by atoms with Crippen molar-refractivity contribution in [1.29, 1.82) is 0 Å². The molecule has 0 radical (unpaired) electrons. The van der Waals surface area contributed by atoms with Crippen LogP contribution in [-0.4, -0.2) is 63.6 Å². The van der Waals surface area contributed by atoms with Crippen LogP contribution in [0.25, 0.3) is 11.4 Å². The zero-order chi connectivity index (χ0) is 39.7. The second-order valence-corrected chi connectivity index (χ2v) is 16.0. The van der Waals surface area contributed by atoms with E-state index in [0.29, 0.717) is 34.3 Å². The van der Waals surface area contributed by atoms with Crippen molar-refractivity contribution in [3.8, 4) is 11.4 Å². The smallest absolute Gasteiger partial charge is 0.388 e. The first-order chi connectivity index (χ1) is 24.0. The third-order valence-corrected chi connectivity index (χ3v) is 11.0. The largest absolute Gasteiger partial charge is 0.416 e. The van der Waals surface area contributed by atoms with Crippen LogP contribution < -0.4 is 22.1 Å². The number of hydrogen-bond donors (Lipinski definition) is 4. The molecule has 6 N–H and O–H groups in total. The van der Waals surface area contributed by atoms with Crippen LogP contribution >= 0.6 is 82.6 Å². The van der Waals surface area contributed by atoms with Gasteiger partial charge in [0, 0.05) is 16.9 Å². The summed E-state index contributed by atoms with van der Waals surface area (Å²) in [5.74, 6) is 0.837. The van der Waals surface area contributed by atoms with E-state index < -0.39 is 33.3 Å². The molecule has 0 saturated heterocycles. The molecule has 4 rings (SSSR count). The van der Waals surface area contributed by atoms with Crippen LogP contribution in [0.15, 0.2) is 34.1 Å². The number of anilines is 2. The number of alkyl halides is 6. The summed E-state index contributed by atoms with van der Waals surface area (Å²) in [7, 11) is -0.799. The molecular formula is C28H30Cl4F6N8O2S4. The van der Waals surface area contributed by atoms with Crippen molar-refractivity contribution in [3.05, 3.63) is 66.9 Å². The fraction of sp³-hybridized carbons (Fsp3) is 0.286. The lowest BCUT2D eigenvalue weighted by Crippen LogP contribution is -2.16. The van der Waals surface area contributed by atoms with Crippen molar-refractivity contribution in [1.82, 2.24) is 19.6 Å². The summed E-state index contributed by atoms with van der Waals surface area (Å²) >= 11 is 35.5. The van der Waals surface area contributed by atoms with Gasteiger partial charge in [-0.15, -0.1) is 11.8 Å². The van der Waals surface area contributed by atoms with E-state index in [-0.39, 0.29) is 66.5 Å². The van der Waals surface area contributed by atoms with Gasteiger partial charge in [-0.2, -0.15) is 36.5 Å². The van der Waals surface area contributed by atoms with Crippen molar-refractivity contribution in [2.24, 2.45) is 11.5 Å². The lowest BCUT2D eigenvalue weighted by molar-refractivity contribution is -0.138. The van der Waals surface area contributed by atoms with Gasteiger partial charge in [-0.1, -0.05) is 84.7 Å². The van der Waals surface area contributed by atoms with Crippen molar-refractivity contribution in [2.75, 3.05) is 36.2 Å². The molecule has 10 nitrogen and oxygen atoms in total. The molecule has 2 aromatic carbocycles. The van der Waals surface area contributed by atoms with Gasteiger partial charge < -0.3 is 22.1 Å². The van der Waals surface area contributed by atoms with Crippen LogP contribution in [0.1, 0.15) is 39.2 Å². The molecule has 0 spiro atoms. The summed E-state index contributed by atoms with van der Waals surface area (Å²) in [4.78, 5) is 0.137. The van der Waals surface area contributed by atoms with E-state index >= 15 is 0 Å². The molecule has 0 atom stereocenters. The van der Waals surface area contributed by atoms with Crippen LogP contribution in [0.3, 0.4) is 0 Å². The van der Waals surface area contributed by atoms with Crippen molar-refractivity contribution in [2.45, 2.75) is 36.0 Å². The Bertz CT molecular complexity index is 2110. The fourth-order valence-corrected chi connectivity index (χ4v) is 8.30. The summed E-state index contributed by atoms with van der Waals surface area (Å²) in [5, 5.41) is 12.8. The Morgan fingerprint density at radius 2 is 1.15 bits per heavy atom. The number of aromatic nitrogens is 4. The van der Waals surface area contributed by atoms with Gasteiger partial charge in [0.25, 0.3) is 0 Å². The van der Waals surface area contributed by atoms with Gasteiger partial charge in [0.1, 0.15) is 49.3 Å². The van der Waals surface area contributed by atoms with Gasteiger partial charge in [0.2, 0.25) is 0 Å². The summed E-state index contributed by atoms with van der Waals surface area (Å²) in [5.41, 5.74) is 9.39. The monoisotopic (exact) mass is 892 g/mol. The van der Waals surface area contributed by atoms with Crippen molar-refractivity contribution >= 4 is 114 Å². The van der Waals surface area contributed by atoms with Gasteiger partial charge in [-0.05, 0) is 30.0 Å². The normalized spacial score (nSPS) is 12.0. The molecule has 0 fully saturated rings. The van der Waals surface area contributed by atoms with Crippen LogP contribution in [0.5, 0.6) is 0 Å². The fourth-order valence-electron chi connectivity index (χ4n) is 4.48. The number of benzene rings is 2. The molecule has 2 aromatic heterocycles. The van der Waals surface area contributed by atoms with E-state index in [1.165, 1.54) is 30.4 Å². The number of halogens is 10. The van der Waals surface area contributed by atoms with E-state index in [2.05, 4.69) is 20.8 Å². The Morgan fingerprint density at radius 1 is 0.788 bits per heavy atom. The second kappa shape index (κ2) is 16.7. The lowest BCUT2D eigenvalue weighted by atomic mass is 10.2. The molecule has 24 heteroatoms. The molecule has 0 aliphatic heterocycles. The minimum Gasteiger partial charge on any atom is -0.388 e. The quantitative estimate of drug-likeness (QED) is 0.0687. The highest BCUT2D eigenvalue weighted by atomic mass is 35.5. The van der Waals surface area contributed by atoms with E-state index in [1.54, 1.807) is 7.05 Å². The average Bonchev–Trinajstić information content (AvgIpc) is 3.59. The number of hydrogen-bond acceptors (Lipinski definition) is 9. The van der Waals surface area contributed by atoms with Crippen molar-refractivity contribution in [3.63, 3.8) is 0 Å². The van der Waals surface area contributed by atoms with Crippen molar-refractivity contribution < 1.29 is 37.6 Å². The highest BCUT2D eigenvalue weighted by Crippen LogP contribution is 2.42. The SMILES string of the molecule is CCS(=O)(=O)c1c(C(N)=S)nn(-c2c(Cl)cc(C(F)(F)F)cc2Cl)c1NC.CCSc1c(C(N)=S)nn(-c2c(Cl)cc(C(F)(F)F)cc2Cl)c1NC.[HH].[HH]. The Balaban J connectivity index is 0.000000522. The molecular weight excluding hydrogens is 864 g/mol. The van der Waals surface area contributed by atoms with Gasteiger partial charge in [-0.25, -0.2) is 17.8 Å². The van der Waals surface area contributed by atoms with Gasteiger partial charge in [-0.3, -0.25) is 0 Å². The van der Waals surface area contributed by atoms with Crippen LogP contribution in [-0.2, 0) is 22.2 Å². The summed E-state index contributed by atoms with van der Waals surface area (Å²) in [6.07, 6.45) is -9.22. The molecule has 288 valence electrons. The maximum atomic E-state index is 12.9. The number of thiocarbonyl (C=S) groups is 2. The van der Waals surface area contributed by atoms with Gasteiger partial charge >= 0.3 is 12.4 Å². The third kappa shape index (κ3) is 9.14. The summed E-state index contributed by atoms with van der Waals surface area (Å²) in [6, 6.07) is 2.94. The number of nitrogens with zero attached hydrogens (tertiary/aromatic N) is 4. The van der Waals surface area contributed by atoms with E-state index in [9.17, 15) is 34.8 Å². The first kappa shape index (κ1) is 43.7. The predicted octanol–water partition coefficient (Wildman–Crippen LogP) is 9.15. The zero-order valence-corrected chi connectivity index (χ0v) is 33.2. The van der Waals surface area contributed by atoms with Gasteiger partial charge in [0.05, 0.1) is 41.9 Å². The van der Waals surface area contributed by atoms with Crippen LogP contribution in [0.2, 0.25) is 20.1 Å². The average molecular weight is 895 g/mol. The van der Waals surface area contributed by atoms with Crippen LogP contribution in [0.4, 0.5) is 38.0 Å². The summed E-state index contributed by atoms with van der Waals surface area (Å²) in [6.45, 7) is 3.34. The van der Waals surface area contributed by atoms with E-state index in [0.717, 1.165) is 16.8 Å². The lowest BCUT2D eigenvalue weighted by Gasteiger charge is -2.14. The Labute approximate surface area is 331 Å². The maximum Gasteiger partial charge on any atom is 0.416 e. The number of nitrogens with two attached hydrogens (primary N) is 2. The topological polar surface area (TPSA) is 146 Å². The highest BCUT2D eigenvalue weighted by Gasteiger charge is 2.35. The first-order valence-corrected chi connectivity index (χ1v) is 19.1. The molecule has 0 amide bonds. The second-order valence-electron chi connectivity index (χ2n) is 10.0. The Hall–Kier alpha value is -2.72. The molecule has 2 heterocycles. The number of sulfone groups is 1. The summed E-state index contributed by atoms with van der Waals surface area (Å²) < 4.78 is 105. The maximum absolute atomic E-state index is 12.9. The predicted molar refractivity (Wildman–Crippen MR) is 206 cm³/mol. The molecule has 0 aliphatic carbocycles. The van der Waals surface area contributed by atoms with E-state index in [1.807, 2.05) is 6.92 Å².